The summed E-state index contributed by atoms with van der Waals surface area (Å²) in [5.41, 5.74) is 1.16. The van der Waals surface area contributed by atoms with Crippen LogP contribution in [-0.4, -0.2) is 54.9 Å². The minimum atomic E-state index is 0.646. The van der Waals surface area contributed by atoms with Crippen LogP contribution in [-0.2, 0) is 9.47 Å². The molecule has 0 heterocycles. The van der Waals surface area contributed by atoms with Gasteiger partial charge in [-0.3, -0.25) is 0 Å². The second-order valence-corrected chi connectivity index (χ2v) is 6.19. The summed E-state index contributed by atoms with van der Waals surface area (Å²) >= 11 is 0. The van der Waals surface area contributed by atoms with Crippen LogP contribution in [0.25, 0.3) is 0 Å². The molecular weight excluding hydrogens is 372 g/mol. The van der Waals surface area contributed by atoms with Gasteiger partial charge in [0.2, 0.25) is 0 Å². The SMILES string of the molecule is COCCCOc1cc(C)ccc1OC.COCCCOc1ccccc1OC. The summed E-state index contributed by atoms with van der Waals surface area (Å²) in [5, 5.41) is 0. The summed E-state index contributed by atoms with van der Waals surface area (Å²) in [5.74, 6) is 3.13. The Labute approximate surface area is 174 Å². The van der Waals surface area contributed by atoms with E-state index in [1.54, 1.807) is 28.4 Å². The fraction of sp³-hybridized carbons (Fsp3) is 0.478. The normalized spacial score (nSPS) is 9.97. The fourth-order valence-corrected chi connectivity index (χ4v) is 2.41. The average molecular weight is 407 g/mol. The number of benzene rings is 2. The quantitative estimate of drug-likeness (QED) is 0.483. The molecule has 29 heavy (non-hydrogen) atoms. The van der Waals surface area contributed by atoms with E-state index in [1.165, 1.54) is 0 Å². The number of ether oxygens (including phenoxy) is 6. The van der Waals surface area contributed by atoms with Crippen molar-refractivity contribution in [2.24, 2.45) is 0 Å². The molecule has 6 nitrogen and oxygen atoms in total. The number of methoxy groups -OCH3 is 4. The van der Waals surface area contributed by atoms with Crippen LogP contribution in [0.4, 0.5) is 0 Å². The van der Waals surface area contributed by atoms with Gasteiger partial charge in [-0.2, -0.15) is 0 Å². The van der Waals surface area contributed by atoms with Crippen LogP contribution < -0.4 is 18.9 Å². The van der Waals surface area contributed by atoms with Crippen molar-refractivity contribution in [1.29, 1.82) is 0 Å². The third-order valence-corrected chi connectivity index (χ3v) is 3.89. The molecule has 0 bridgehead atoms. The zero-order chi connectivity index (χ0) is 21.3. The third-order valence-electron chi connectivity index (χ3n) is 3.89. The number of para-hydroxylation sites is 2. The molecule has 2 aromatic carbocycles. The molecule has 162 valence electrons. The van der Waals surface area contributed by atoms with Gasteiger partial charge >= 0.3 is 0 Å². The molecule has 6 heteroatoms. The van der Waals surface area contributed by atoms with Crippen molar-refractivity contribution in [1.82, 2.24) is 0 Å². The Morgan fingerprint density at radius 1 is 0.586 bits per heavy atom. The second-order valence-electron chi connectivity index (χ2n) is 6.19. The van der Waals surface area contributed by atoms with Crippen LogP contribution in [0.15, 0.2) is 42.5 Å². The Bertz CT molecular complexity index is 674. The molecule has 0 radical (unpaired) electrons. The lowest BCUT2D eigenvalue weighted by Crippen LogP contribution is -2.02. The molecule has 2 aromatic rings. The predicted octanol–water partition coefficient (Wildman–Crippen LogP) is 4.53. The third kappa shape index (κ3) is 10.1. The summed E-state index contributed by atoms with van der Waals surface area (Å²) < 4.78 is 31.4. The van der Waals surface area contributed by atoms with Crippen molar-refractivity contribution in [2.75, 3.05) is 54.9 Å². The maximum absolute atomic E-state index is 5.61. The molecule has 0 aliphatic heterocycles. The Morgan fingerprint density at radius 3 is 1.66 bits per heavy atom. The van der Waals surface area contributed by atoms with E-state index in [0.717, 1.165) is 48.0 Å². The molecule has 0 aromatic heterocycles. The van der Waals surface area contributed by atoms with Gasteiger partial charge in [-0.15, -0.1) is 0 Å². The van der Waals surface area contributed by atoms with Crippen molar-refractivity contribution >= 4 is 0 Å². The first-order chi connectivity index (χ1) is 14.2. The van der Waals surface area contributed by atoms with Crippen molar-refractivity contribution in [3.05, 3.63) is 48.0 Å². The van der Waals surface area contributed by atoms with Crippen LogP contribution in [0.2, 0.25) is 0 Å². The fourth-order valence-electron chi connectivity index (χ4n) is 2.41. The first-order valence-corrected chi connectivity index (χ1v) is 9.67. The summed E-state index contributed by atoms with van der Waals surface area (Å²) in [4.78, 5) is 0. The highest BCUT2D eigenvalue weighted by Crippen LogP contribution is 2.28. The molecule has 0 N–H and O–H groups in total. The molecule has 0 saturated carbocycles. The second kappa shape index (κ2) is 15.5. The Hall–Kier alpha value is -2.44. The highest BCUT2D eigenvalue weighted by molar-refractivity contribution is 5.42. The van der Waals surface area contributed by atoms with Gasteiger partial charge in [0.15, 0.2) is 23.0 Å². The lowest BCUT2D eigenvalue weighted by atomic mass is 10.2. The van der Waals surface area contributed by atoms with E-state index < -0.39 is 0 Å². The van der Waals surface area contributed by atoms with E-state index in [4.69, 9.17) is 28.4 Å². The van der Waals surface area contributed by atoms with Crippen LogP contribution in [0.1, 0.15) is 18.4 Å². The maximum Gasteiger partial charge on any atom is 0.161 e. The molecule has 0 aliphatic carbocycles. The first-order valence-electron chi connectivity index (χ1n) is 9.67. The summed E-state index contributed by atoms with van der Waals surface area (Å²) in [6.07, 6.45) is 1.77. The monoisotopic (exact) mass is 406 g/mol. The van der Waals surface area contributed by atoms with Crippen LogP contribution in [0, 0.1) is 6.92 Å². The van der Waals surface area contributed by atoms with E-state index >= 15 is 0 Å². The Balaban J connectivity index is 0.000000291. The standard InChI is InChI=1S/C12H18O3.C11H16O3/c1-10-5-6-11(14-3)12(9-10)15-8-4-7-13-2;1-12-8-5-9-14-11-7-4-3-6-10(11)13-2/h5-6,9H,4,7-8H2,1-3H3;3-4,6-7H,5,8-9H2,1-2H3. The molecule has 0 aliphatic rings. The van der Waals surface area contributed by atoms with E-state index in [1.807, 2.05) is 49.4 Å². The number of hydrogen-bond donors (Lipinski definition) is 0. The van der Waals surface area contributed by atoms with Crippen LogP contribution >= 0.6 is 0 Å². The topological polar surface area (TPSA) is 55.4 Å². The van der Waals surface area contributed by atoms with Gasteiger partial charge in [0.25, 0.3) is 0 Å². The number of rotatable bonds is 12. The van der Waals surface area contributed by atoms with Crippen molar-refractivity contribution in [3.63, 3.8) is 0 Å². The van der Waals surface area contributed by atoms with E-state index in [-0.39, 0.29) is 0 Å². The van der Waals surface area contributed by atoms with Gasteiger partial charge in [-0.05, 0) is 36.8 Å². The molecule has 0 atom stereocenters. The van der Waals surface area contributed by atoms with Gasteiger partial charge in [0, 0.05) is 40.3 Å². The molecule has 0 amide bonds. The van der Waals surface area contributed by atoms with Crippen LogP contribution in [0.5, 0.6) is 23.0 Å². The maximum atomic E-state index is 5.61. The van der Waals surface area contributed by atoms with Gasteiger partial charge in [-0.1, -0.05) is 18.2 Å². The van der Waals surface area contributed by atoms with Crippen molar-refractivity contribution in [3.8, 4) is 23.0 Å². The Kier molecular flexibility index (Phi) is 13.1. The summed E-state index contributed by atoms with van der Waals surface area (Å²) in [6, 6.07) is 13.5. The van der Waals surface area contributed by atoms with Crippen LogP contribution in [0.3, 0.4) is 0 Å². The van der Waals surface area contributed by atoms with Gasteiger partial charge in [-0.25, -0.2) is 0 Å². The highest BCUT2D eigenvalue weighted by Gasteiger charge is 2.03. The smallest absolute Gasteiger partial charge is 0.161 e. The summed E-state index contributed by atoms with van der Waals surface area (Å²) in [7, 11) is 6.65. The molecule has 0 unspecified atom stereocenters. The predicted molar refractivity (Wildman–Crippen MR) is 115 cm³/mol. The number of hydrogen-bond acceptors (Lipinski definition) is 6. The zero-order valence-corrected chi connectivity index (χ0v) is 18.2. The first kappa shape index (κ1) is 24.6. The molecular formula is C23H34O6. The van der Waals surface area contributed by atoms with Gasteiger partial charge < -0.3 is 28.4 Å². The largest absolute Gasteiger partial charge is 0.493 e. The zero-order valence-electron chi connectivity index (χ0n) is 18.2. The van der Waals surface area contributed by atoms with E-state index in [9.17, 15) is 0 Å². The average Bonchev–Trinajstić information content (AvgIpc) is 2.75. The van der Waals surface area contributed by atoms with Crippen molar-refractivity contribution in [2.45, 2.75) is 19.8 Å². The molecule has 2 rings (SSSR count). The van der Waals surface area contributed by atoms with Crippen molar-refractivity contribution < 1.29 is 28.4 Å². The van der Waals surface area contributed by atoms with E-state index in [0.29, 0.717) is 19.8 Å². The minimum absolute atomic E-state index is 0.646. The molecule has 0 fully saturated rings. The van der Waals surface area contributed by atoms with Gasteiger partial charge in [0.1, 0.15) is 0 Å². The number of aryl methyl sites for hydroxylation is 1. The minimum Gasteiger partial charge on any atom is -0.493 e. The molecule has 0 spiro atoms. The Morgan fingerprint density at radius 2 is 1.10 bits per heavy atom. The van der Waals surface area contributed by atoms with Gasteiger partial charge in [0.05, 0.1) is 27.4 Å². The van der Waals surface area contributed by atoms with E-state index in [2.05, 4.69) is 0 Å². The lowest BCUT2D eigenvalue weighted by Gasteiger charge is -2.10. The lowest BCUT2D eigenvalue weighted by molar-refractivity contribution is 0.170. The summed E-state index contributed by atoms with van der Waals surface area (Å²) in [6.45, 7) is 4.76. The highest BCUT2D eigenvalue weighted by atomic mass is 16.5. The molecule has 0 saturated heterocycles.